The number of fused-ring (bicyclic) bond motifs is 1. The molecule has 0 unspecified atom stereocenters. The molecule has 0 aliphatic carbocycles. The van der Waals surface area contributed by atoms with Gasteiger partial charge in [-0.25, -0.2) is 4.79 Å². The largest absolute Gasteiger partial charge is 0.452 e. The fourth-order valence-electron chi connectivity index (χ4n) is 2.91. The molecule has 0 aliphatic rings. The Morgan fingerprint density at radius 1 is 1.12 bits per heavy atom. The molecule has 5 nitrogen and oxygen atoms in total. The Labute approximate surface area is 152 Å². The van der Waals surface area contributed by atoms with Crippen LogP contribution < -0.4 is 5.32 Å². The molecular weight excluding hydrogens is 328 g/mol. The van der Waals surface area contributed by atoms with Crippen molar-refractivity contribution in [2.75, 3.05) is 6.61 Å². The molecular formula is C21H22N2O3. The third kappa shape index (κ3) is 3.94. The molecule has 3 aromatic rings. The quantitative estimate of drug-likeness (QED) is 0.662. The molecule has 0 bridgehead atoms. The molecule has 134 valence electrons. The first kappa shape index (κ1) is 17.7. The number of carbonyl (C=O) groups excluding carboxylic acids is 2. The Morgan fingerprint density at radius 2 is 1.85 bits per heavy atom. The van der Waals surface area contributed by atoms with E-state index < -0.39 is 5.97 Å². The molecule has 2 aromatic carbocycles. The lowest BCUT2D eigenvalue weighted by Gasteiger charge is -2.17. The van der Waals surface area contributed by atoms with Gasteiger partial charge in [0.1, 0.15) is 0 Å². The number of ether oxygens (including phenoxy) is 1. The van der Waals surface area contributed by atoms with Crippen LogP contribution in [0.25, 0.3) is 10.9 Å². The number of aromatic nitrogens is 1. The third-order valence-electron chi connectivity index (χ3n) is 4.37. The number of esters is 1. The van der Waals surface area contributed by atoms with Crippen LogP contribution in [0.1, 0.15) is 40.9 Å². The second kappa shape index (κ2) is 7.87. The Hall–Kier alpha value is -3.08. The first-order valence-corrected chi connectivity index (χ1v) is 8.67. The molecule has 5 heteroatoms. The van der Waals surface area contributed by atoms with Crippen molar-refractivity contribution < 1.29 is 14.3 Å². The summed E-state index contributed by atoms with van der Waals surface area (Å²) in [7, 11) is 0. The minimum atomic E-state index is -0.513. The fourth-order valence-corrected chi connectivity index (χ4v) is 2.91. The molecule has 0 aliphatic heterocycles. The maximum atomic E-state index is 12.3. The lowest BCUT2D eigenvalue weighted by molar-refractivity contribution is -0.125. The van der Waals surface area contributed by atoms with Gasteiger partial charge in [-0.15, -0.1) is 0 Å². The summed E-state index contributed by atoms with van der Waals surface area (Å²) in [5.74, 6) is -0.827. The van der Waals surface area contributed by atoms with Crippen LogP contribution in [-0.2, 0) is 9.53 Å². The van der Waals surface area contributed by atoms with Crippen LogP contribution in [0.2, 0.25) is 0 Å². The van der Waals surface area contributed by atoms with Gasteiger partial charge < -0.3 is 15.0 Å². The molecule has 0 fully saturated rings. The molecule has 0 saturated carbocycles. The predicted octanol–water partition coefficient (Wildman–Crippen LogP) is 3.90. The van der Waals surface area contributed by atoms with Gasteiger partial charge in [-0.1, -0.05) is 55.0 Å². The number of hydrogen-bond donors (Lipinski definition) is 2. The lowest BCUT2D eigenvalue weighted by Crippen LogP contribution is -2.32. The summed E-state index contributed by atoms with van der Waals surface area (Å²) in [6.07, 6.45) is 2.36. The van der Waals surface area contributed by atoms with E-state index in [2.05, 4.69) is 10.3 Å². The van der Waals surface area contributed by atoms with Crippen molar-refractivity contribution in [3.05, 3.63) is 71.4 Å². The number of nitrogens with one attached hydrogen (secondary N) is 2. The van der Waals surface area contributed by atoms with Gasteiger partial charge >= 0.3 is 5.97 Å². The fraction of sp³-hybridized carbons (Fsp3) is 0.238. The van der Waals surface area contributed by atoms with Gasteiger partial charge in [0.2, 0.25) is 0 Å². The van der Waals surface area contributed by atoms with E-state index in [1.165, 1.54) is 5.56 Å². The number of carbonyl (C=O) groups is 2. The number of aryl methyl sites for hydroxylation is 1. The van der Waals surface area contributed by atoms with Gasteiger partial charge in [0, 0.05) is 17.1 Å². The van der Waals surface area contributed by atoms with Gasteiger partial charge in [-0.3, -0.25) is 4.79 Å². The van der Waals surface area contributed by atoms with Crippen LogP contribution in [0.5, 0.6) is 0 Å². The van der Waals surface area contributed by atoms with Crippen LogP contribution >= 0.6 is 0 Å². The Bertz CT molecular complexity index is 912. The number of hydrogen-bond acceptors (Lipinski definition) is 3. The Morgan fingerprint density at radius 3 is 2.58 bits per heavy atom. The summed E-state index contributed by atoms with van der Waals surface area (Å²) in [5.41, 5.74) is 3.49. The highest BCUT2D eigenvalue weighted by atomic mass is 16.5. The highest BCUT2D eigenvalue weighted by molar-refractivity contribution is 6.04. The summed E-state index contributed by atoms with van der Waals surface area (Å²) in [6.45, 7) is 3.72. The summed E-state index contributed by atoms with van der Waals surface area (Å²) >= 11 is 0. The average molecular weight is 350 g/mol. The van der Waals surface area contributed by atoms with Gasteiger partial charge in [-0.05, 0) is 25.0 Å². The van der Waals surface area contributed by atoms with E-state index in [4.69, 9.17) is 4.74 Å². The number of amides is 1. The van der Waals surface area contributed by atoms with Crippen LogP contribution in [0.3, 0.4) is 0 Å². The van der Waals surface area contributed by atoms with Crippen molar-refractivity contribution in [3.63, 3.8) is 0 Å². The molecule has 0 radical (unpaired) electrons. The molecule has 0 spiro atoms. The SMILES string of the molecule is CC[C@H](NC(=O)COC(=O)c1c[nH]c2ccccc12)c1ccc(C)cc1. The van der Waals surface area contributed by atoms with E-state index in [9.17, 15) is 9.59 Å². The van der Waals surface area contributed by atoms with Crippen molar-refractivity contribution in [2.24, 2.45) is 0 Å². The van der Waals surface area contributed by atoms with Crippen molar-refractivity contribution in [3.8, 4) is 0 Å². The second-order valence-corrected chi connectivity index (χ2v) is 6.26. The van der Waals surface area contributed by atoms with Crippen LogP contribution in [-0.4, -0.2) is 23.5 Å². The van der Waals surface area contributed by atoms with Crippen LogP contribution in [0.15, 0.2) is 54.7 Å². The molecule has 3 rings (SSSR count). The number of benzene rings is 2. The van der Waals surface area contributed by atoms with Crippen molar-refractivity contribution in [1.82, 2.24) is 10.3 Å². The zero-order valence-corrected chi connectivity index (χ0v) is 14.9. The van der Waals surface area contributed by atoms with Crippen molar-refractivity contribution in [1.29, 1.82) is 0 Å². The minimum Gasteiger partial charge on any atom is -0.452 e. The first-order chi connectivity index (χ1) is 12.6. The molecule has 1 atom stereocenters. The summed E-state index contributed by atoms with van der Waals surface area (Å²) < 4.78 is 5.19. The third-order valence-corrected chi connectivity index (χ3v) is 4.37. The Kier molecular flexibility index (Phi) is 5.37. The van der Waals surface area contributed by atoms with E-state index in [1.807, 2.05) is 62.4 Å². The maximum Gasteiger partial charge on any atom is 0.340 e. The van der Waals surface area contributed by atoms with E-state index >= 15 is 0 Å². The molecule has 2 N–H and O–H groups in total. The van der Waals surface area contributed by atoms with Crippen molar-refractivity contribution in [2.45, 2.75) is 26.3 Å². The zero-order valence-electron chi connectivity index (χ0n) is 14.9. The Balaban J connectivity index is 1.59. The summed E-state index contributed by atoms with van der Waals surface area (Å²) in [6, 6.07) is 15.4. The minimum absolute atomic E-state index is 0.102. The summed E-state index contributed by atoms with van der Waals surface area (Å²) in [5, 5.41) is 3.70. The van der Waals surface area contributed by atoms with Crippen LogP contribution in [0, 0.1) is 6.92 Å². The van der Waals surface area contributed by atoms with Gasteiger partial charge in [-0.2, -0.15) is 0 Å². The number of rotatable bonds is 6. The zero-order chi connectivity index (χ0) is 18.5. The van der Waals surface area contributed by atoms with E-state index in [1.54, 1.807) is 6.20 Å². The normalized spacial score (nSPS) is 11.9. The topological polar surface area (TPSA) is 71.2 Å². The second-order valence-electron chi connectivity index (χ2n) is 6.26. The molecule has 0 saturated heterocycles. The molecule has 26 heavy (non-hydrogen) atoms. The van der Waals surface area contributed by atoms with E-state index in [-0.39, 0.29) is 18.6 Å². The predicted molar refractivity (Wildman–Crippen MR) is 101 cm³/mol. The van der Waals surface area contributed by atoms with Gasteiger partial charge in [0.25, 0.3) is 5.91 Å². The summed E-state index contributed by atoms with van der Waals surface area (Å²) in [4.78, 5) is 27.5. The maximum absolute atomic E-state index is 12.3. The standard InChI is InChI=1S/C21H22N2O3/c1-3-18(15-10-8-14(2)9-11-15)23-20(24)13-26-21(25)17-12-22-19-7-5-4-6-16(17)19/h4-12,18,22H,3,13H2,1-2H3,(H,23,24)/t18-/m0/s1. The smallest absolute Gasteiger partial charge is 0.340 e. The monoisotopic (exact) mass is 350 g/mol. The number of H-pyrrole nitrogens is 1. The van der Waals surface area contributed by atoms with Crippen molar-refractivity contribution >= 4 is 22.8 Å². The lowest BCUT2D eigenvalue weighted by atomic mass is 10.0. The van der Waals surface area contributed by atoms with Gasteiger partial charge in [0.15, 0.2) is 6.61 Å². The highest BCUT2D eigenvalue weighted by Gasteiger charge is 2.17. The van der Waals surface area contributed by atoms with E-state index in [0.717, 1.165) is 22.9 Å². The highest BCUT2D eigenvalue weighted by Crippen LogP contribution is 2.19. The molecule has 1 amide bonds. The molecule has 1 heterocycles. The number of para-hydroxylation sites is 1. The van der Waals surface area contributed by atoms with Crippen LogP contribution in [0.4, 0.5) is 0 Å². The number of aromatic amines is 1. The van der Waals surface area contributed by atoms with Gasteiger partial charge in [0.05, 0.1) is 11.6 Å². The first-order valence-electron chi connectivity index (χ1n) is 8.67. The average Bonchev–Trinajstić information content (AvgIpc) is 3.09. The molecule has 1 aromatic heterocycles. The van der Waals surface area contributed by atoms with E-state index in [0.29, 0.717) is 5.56 Å².